The van der Waals surface area contributed by atoms with Gasteiger partial charge in [0.2, 0.25) is 0 Å². The standard InChI is InChI=1S/C12H20N2O2S/c1-9(2)8-10(3)14-12-11(17(4,15)16)6-5-7-13-12/h5-7,9-10H,8H2,1-4H3,(H,13,14). The minimum atomic E-state index is -3.23. The van der Waals surface area contributed by atoms with Gasteiger partial charge in [0.25, 0.3) is 0 Å². The van der Waals surface area contributed by atoms with Crippen molar-refractivity contribution < 1.29 is 8.42 Å². The molecule has 1 aromatic heterocycles. The third-order valence-electron chi connectivity index (χ3n) is 2.38. The largest absolute Gasteiger partial charge is 0.367 e. The molecule has 0 spiro atoms. The van der Waals surface area contributed by atoms with Crippen molar-refractivity contribution in [3.63, 3.8) is 0 Å². The zero-order chi connectivity index (χ0) is 13.1. The van der Waals surface area contributed by atoms with Gasteiger partial charge in [-0.15, -0.1) is 0 Å². The van der Waals surface area contributed by atoms with Gasteiger partial charge in [-0.25, -0.2) is 13.4 Å². The highest BCUT2D eigenvalue weighted by atomic mass is 32.2. The average molecular weight is 256 g/mol. The van der Waals surface area contributed by atoms with E-state index in [1.165, 1.54) is 6.26 Å². The molecular weight excluding hydrogens is 236 g/mol. The van der Waals surface area contributed by atoms with Gasteiger partial charge in [-0.2, -0.15) is 0 Å². The predicted octanol–water partition coefficient (Wildman–Crippen LogP) is 2.33. The molecule has 0 aromatic carbocycles. The van der Waals surface area contributed by atoms with E-state index in [-0.39, 0.29) is 10.9 Å². The fourth-order valence-corrected chi connectivity index (χ4v) is 2.59. The molecule has 96 valence electrons. The van der Waals surface area contributed by atoms with Crippen LogP contribution in [-0.2, 0) is 9.84 Å². The van der Waals surface area contributed by atoms with Gasteiger partial charge in [-0.1, -0.05) is 13.8 Å². The Labute approximate surface area is 103 Å². The Morgan fingerprint density at radius 1 is 1.35 bits per heavy atom. The van der Waals surface area contributed by atoms with E-state index >= 15 is 0 Å². The molecule has 0 bridgehead atoms. The second-order valence-electron chi connectivity index (χ2n) is 4.80. The highest BCUT2D eigenvalue weighted by Gasteiger charge is 2.15. The summed E-state index contributed by atoms with van der Waals surface area (Å²) in [5, 5.41) is 3.16. The fraction of sp³-hybridized carbons (Fsp3) is 0.583. The summed E-state index contributed by atoms with van der Waals surface area (Å²) in [5.74, 6) is 1.01. The Kier molecular flexibility index (Phi) is 4.51. The van der Waals surface area contributed by atoms with Gasteiger partial charge in [-0.05, 0) is 31.4 Å². The molecule has 1 N–H and O–H groups in total. The van der Waals surface area contributed by atoms with Gasteiger partial charge in [0.05, 0.1) is 0 Å². The molecule has 1 unspecified atom stereocenters. The SMILES string of the molecule is CC(C)CC(C)Nc1ncccc1S(C)(=O)=O. The van der Waals surface area contributed by atoms with Crippen molar-refractivity contribution in [2.75, 3.05) is 11.6 Å². The molecule has 5 heteroatoms. The Bertz CT molecular complexity index is 469. The average Bonchev–Trinajstić information content (AvgIpc) is 2.15. The quantitative estimate of drug-likeness (QED) is 0.878. The summed E-state index contributed by atoms with van der Waals surface area (Å²) in [6, 6.07) is 3.41. The summed E-state index contributed by atoms with van der Waals surface area (Å²) < 4.78 is 23.2. The lowest BCUT2D eigenvalue weighted by Gasteiger charge is -2.18. The van der Waals surface area contributed by atoms with Crippen molar-refractivity contribution in [2.45, 2.75) is 38.1 Å². The smallest absolute Gasteiger partial charge is 0.179 e. The Morgan fingerprint density at radius 3 is 2.53 bits per heavy atom. The van der Waals surface area contributed by atoms with Crippen molar-refractivity contribution in [1.29, 1.82) is 0 Å². The third-order valence-corrected chi connectivity index (χ3v) is 3.51. The molecule has 0 amide bonds. The van der Waals surface area contributed by atoms with Crippen LogP contribution in [0.5, 0.6) is 0 Å². The van der Waals surface area contributed by atoms with Crippen molar-refractivity contribution in [3.05, 3.63) is 18.3 Å². The summed E-state index contributed by atoms with van der Waals surface area (Å²) >= 11 is 0. The summed E-state index contributed by atoms with van der Waals surface area (Å²) in [6.45, 7) is 6.29. The van der Waals surface area contributed by atoms with Crippen LogP contribution < -0.4 is 5.32 Å². The lowest BCUT2D eigenvalue weighted by Crippen LogP contribution is -2.20. The number of anilines is 1. The van der Waals surface area contributed by atoms with Gasteiger partial charge in [-0.3, -0.25) is 0 Å². The normalized spacial score (nSPS) is 13.7. The van der Waals surface area contributed by atoms with E-state index in [4.69, 9.17) is 0 Å². The highest BCUT2D eigenvalue weighted by molar-refractivity contribution is 7.90. The van der Waals surface area contributed by atoms with Crippen LogP contribution in [0.3, 0.4) is 0 Å². The molecule has 1 rings (SSSR count). The molecule has 0 saturated carbocycles. The van der Waals surface area contributed by atoms with Crippen molar-refractivity contribution in [2.24, 2.45) is 5.92 Å². The Balaban J connectivity index is 2.92. The summed E-state index contributed by atoms with van der Waals surface area (Å²) in [6.07, 6.45) is 3.77. The van der Waals surface area contributed by atoms with Crippen LogP contribution in [0.15, 0.2) is 23.2 Å². The fourth-order valence-electron chi connectivity index (χ4n) is 1.80. The molecule has 1 atom stereocenters. The van der Waals surface area contributed by atoms with E-state index in [0.717, 1.165) is 6.42 Å². The van der Waals surface area contributed by atoms with Crippen LogP contribution >= 0.6 is 0 Å². The van der Waals surface area contributed by atoms with Crippen LogP contribution in [0.4, 0.5) is 5.82 Å². The molecule has 0 aliphatic heterocycles. The van der Waals surface area contributed by atoms with E-state index < -0.39 is 9.84 Å². The van der Waals surface area contributed by atoms with E-state index in [0.29, 0.717) is 11.7 Å². The van der Waals surface area contributed by atoms with Gasteiger partial charge in [0.1, 0.15) is 10.7 Å². The Hall–Kier alpha value is -1.10. The molecule has 1 aromatic rings. The van der Waals surface area contributed by atoms with Gasteiger partial charge in [0, 0.05) is 18.5 Å². The van der Waals surface area contributed by atoms with Crippen molar-refractivity contribution >= 4 is 15.7 Å². The zero-order valence-electron chi connectivity index (χ0n) is 10.8. The zero-order valence-corrected chi connectivity index (χ0v) is 11.6. The van der Waals surface area contributed by atoms with Crippen LogP contribution in [0.25, 0.3) is 0 Å². The number of aromatic nitrogens is 1. The number of hydrogen-bond acceptors (Lipinski definition) is 4. The number of nitrogens with one attached hydrogen (secondary N) is 1. The van der Waals surface area contributed by atoms with Crippen LogP contribution in [0, 0.1) is 5.92 Å². The van der Waals surface area contributed by atoms with Crippen LogP contribution in [0.1, 0.15) is 27.2 Å². The first-order valence-electron chi connectivity index (χ1n) is 5.72. The minimum Gasteiger partial charge on any atom is -0.367 e. The van der Waals surface area contributed by atoms with E-state index in [2.05, 4.69) is 24.1 Å². The predicted molar refractivity (Wildman–Crippen MR) is 69.9 cm³/mol. The molecule has 0 aliphatic carbocycles. The maximum Gasteiger partial charge on any atom is 0.179 e. The van der Waals surface area contributed by atoms with Gasteiger partial charge in [0.15, 0.2) is 9.84 Å². The summed E-state index contributed by atoms with van der Waals surface area (Å²) in [7, 11) is -3.23. The highest BCUT2D eigenvalue weighted by Crippen LogP contribution is 2.19. The number of pyridine rings is 1. The van der Waals surface area contributed by atoms with Gasteiger partial charge < -0.3 is 5.32 Å². The third kappa shape index (κ3) is 4.34. The first-order chi connectivity index (χ1) is 7.80. The van der Waals surface area contributed by atoms with Crippen molar-refractivity contribution in [3.8, 4) is 0 Å². The number of rotatable bonds is 5. The summed E-state index contributed by atoms with van der Waals surface area (Å²) in [5.41, 5.74) is 0. The summed E-state index contributed by atoms with van der Waals surface area (Å²) in [4.78, 5) is 4.36. The molecule has 0 aliphatic rings. The maximum absolute atomic E-state index is 11.6. The number of hydrogen-bond donors (Lipinski definition) is 1. The molecule has 0 radical (unpaired) electrons. The topological polar surface area (TPSA) is 59.1 Å². The van der Waals surface area contributed by atoms with E-state index in [9.17, 15) is 8.42 Å². The molecular formula is C12H20N2O2S. The lowest BCUT2D eigenvalue weighted by molar-refractivity contribution is 0.538. The van der Waals surface area contributed by atoms with E-state index in [1.54, 1.807) is 18.3 Å². The second kappa shape index (κ2) is 5.49. The Morgan fingerprint density at radius 2 is 2.00 bits per heavy atom. The first kappa shape index (κ1) is 14.0. The van der Waals surface area contributed by atoms with Crippen LogP contribution in [-0.4, -0.2) is 25.7 Å². The molecule has 17 heavy (non-hydrogen) atoms. The lowest BCUT2D eigenvalue weighted by atomic mass is 10.1. The number of sulfone groups is 1. The van der Waals surface area contributed by atoms with E-state index in [1.807, 2.05) is 6.92 Å². The molecule has 4 nitrogen and oxygen atoms in total. The molecule has 0 fully saturated rings. The maximum atomic E-state index is 11.6. The minimum absolute atomic E-state index is 0.199. The van der Waals surface area contributed by atoms with Gasteiger partial charge >= 0.3 is 0 Å². The molecule has 1 heterocycles. The monoisotopic (exact) mass is 256 g/mol. The van der Waals surface area contributed by atoms with Crippen LogP contribution in [0.2, 0.25) is 0 Å². The first-order valence-corrected chi connectivity index (χ1v) is 7.61. The van der Waals surface area contributed by atoms with Crippen molar-refractivity contribution in [1.82, 2.24) is 4.98 Å². The second-order valence-corrected chi connectivity index (χ2v) is 6.78. The number of nitrogens with zero attached hydrogens (tertiary/aromatic N) is 1. The molecule has 0 saturated heterocycles.